The Bertz CT molecular complexity index is 471. The summed E-state index contributed by atoms with van der Waals surface area (Å²) in [6.45, 7) is 4.08. The maximum absolute atomic E-state index is 11.3. The SMILES string of the molecule is Cc1ccc(C)c(SCC(N)(C(=O)O)C2CC2)c1. The van der Waals surface area contributed by atoms with Crippen molar-refractivity contribution in [1.82, 2.24) is 0 Å². The molecule has 1 aromatic carbocycles. The van der Waals surface area contributed by atoms with Crippen LogP contribution in [0.15, 0.2) is 23.1 Å². The lowest BCUT2D eigenvalue weighted by Crippen LogP contribution is -2.52. The van der Waals surface area contributed by atoms with Gasteiger partial charge in [0.15, 0.2) is 0 Å². The maximum atomic E-state index is 11.3. The first kappa shape index (κ1) is 13.4. The number of benzene rings is 1. The molecule has 98 valence electrons. The molecule has 0 bridgehead atoms. The molecule has 1 aromatic rings. The van der Waals surface area contributed by atoms with Gasteiger partial charge in [0, 0.05) is 10.6 Å². The predicted molar refractivity (Wildman–Crippen MR) is 73.9 cm³/mol. The highest BCUT2D eigenvalue weighted by Gasteiger charge is 2.48. The van der Waals surface area contributed by atoms with Crippen molar-refractivity contribution >= 4 is 17.7 Å². The second-order valence-electron chi connectivity index (χ2n) is 5.18. The smallest absolute Gasteiger partial charge is 0.324 e. The third-order valence-corrected chi connectivity index (χ3v) is 4.89. The van der Waals surface area contributed by atoms with E-state index in [2.05, 4.69) is 18.2 Å². The third-order valence-electron chi connectivity index (χ3n) is 3.51. The van der Waals surface area contributed by atoms with Crippen LogP contribution >= 0.6 is 11.8 Å². The molecular weight excluding hydrogens is 246 g/mol. The minimum absolute atomic E-state index is 0.146. The largest absolute Gasteiger partial charge is 0.480 e. The molecule has 0 aliphatic heterocycles. The van der Waals surface area contributed by atoms with Crippen molar-refractivity contribution in [1.29, 1.82) is 0 Å². The number of rotatable bonds is 5. The van der Waals surface area contributed by atoms with Gasteiger partial charge in [0.05, 0.1) is 0 Å². The lowest BCUT2D eigenvalue weighted by Gasteiger charge is -2.24. The summed E-state index contributed by atoms with van der Waals surface area (Å²) in [4.78, 5) is 12.5. The Kier molecular flexibility index (Phi) is 3.69. The van der Waals surface area contributed by atoms with Gasteiger partial charge in [-0.2, -0.15) is 0 Å². The van der Waals surface area contributed by atoms with Gasteiger partial charge in [-0.3, -0.25) is 4.79 Å². The highest BCUT2D eigenvalue weighted by atomic mass is 32.2. The lowest BCUT2D eigenvalue weighted by molar-refractivity contribution is -0.143. The number of hydrogen-bond donors (Lipinski definition) is 2. The molecule has 0 amide bonds. The van der Waals surface area contributed by atoms with Gasteiger partial charge in [-0.05, 0) is 44.2 Å². The van der Waals surface area contributed by atoms with Crippen LogP contribution < -0.4 is 5.73 Å². The van der Waals surface area contributed by atoms with E-state index in [0.29, 0.717) is 5.75 Å². The van der Waals surface area contributed by atoms with Crippen LogP contribution in [0.4, 0.5) is 0 Å². The van der Waals surface area contributed by atoms with Gasteiger partial charge in [0.25, 0.3) is 0 Å². The van der Waals surface area contributed by atoms with Gasteiger partial charge >= 0.3 is 5.97 Å². The lowest BCUT2D eigenvalue weighted by atomic mass is 9.98. The van der Waals surface area contributed by atoms with Crippen LogP contribution in [0.5, 0.6) is 0 Å². The second-order valence-corrected chi connectivity index (χ2v) is 6.19. The van der Waals surface area contributed by atoms with E-state index in [1.54, 1.807) is 11.8 Å². The third kappa shape index (κ3) is 2.70. The number of nitrogens with two attached hydrogens (primary N) is 1. The first-order chi connectivity index (χ1) is 8.43. The zero-order valence-electron chi connectivity index (χ0n) is 10.8. The Morgan fingerprint density at radius 3 is 2.72 bits per heavy atom. The molecule has 18 heavy (non-hydrogen) atoms. The van der Waals surface area contributed by atoms with E-state index in [-0.39, 0.29) is 5.92 Å². The van der Waals surface area contributed by atoms with Crippen LogP contribution in [0.2, 0.25) is 0 Å². The van der Waals surface area contributed by atoms with E-state index >= 15 is 0 Å². The van der Waals surface area contributed by atoms with Crippen molar-refractivity contribution in [2.24, 2.45) is 11.7 Å². The number of aryl methyl sites for hydroxylation is 2. The van der Waals surface area contributed by atoms with E-state index in [1.165, 1.54) is 11.1 Å². The summed E-state index contributed by atoms with van der Waals surface area (Å²) in [7, 11) is 0. The molecule has 1 fully saturated rings. The number of aliphatic carboxylic acids is 1. The van der Waals surface area contributed by atoms with E-state index in [4.69, 9.17) is 5.73 Å². The van der Waals surface area contributed by atoms with Crippen LogP contribution in [0.1, 0.15) is 24.0 Å². The Balaban J connectivity index is 2.10. The van der Waals surface area contributed by atoms with Crippen molar-refractivity contribution in [2.75, 3.05) is 5.75 Å². The van der Waals surface area contributed by atoms with Gasteiger partial charge < -0.3 is 10.8 Å². The Hall–Kier alpha value is -1.00. The molecular formula is C14H19NO2S. The number of carboxylic acids is 1. The molecule has 0 radical (unpaired) electrons. The van der Waals surface area contributed by atoms with Gasteiger partial charge in [-0.1, -0.05) is 17.7 Å². The molecule has 0 spiro atoms. The number of carbonyl (C=O) groups is 1. The Labute approximate surface area is 112 Å². The highest BCUT2D eigenvalue weighted by molar-refractivity contribution is 7.99. The van der Waals surface area contributed by atoms with Crippen LogP contribution in [0, 0.1) is 19.8 Å². The fourth-order valence-corrected chi connectivity index (χ4v) is 3.33. The molecule has 1 aliphatic rings. The first-order valence-corrected chi connectivity index (χ1v) is 7.14. The zero-order valence-corrected chi connectivity index (χ0v) is 11.6. The van der Waals surface area contributed by atoms with Gasteiger partial charge in [-0.15, -0.1) is 11.8 Å². The van der Waals surface area contributed by atoms with Gasteiger partial charge in [0.2, 0.25) is 0 Å². The number of thioether (sulfide) groups is 1. The molecule has 1 unspecified atom stereocenters. The summed E-state index contributed by atoms with van der Waals surface area (Å²) >= 11 is 1.56. The molecule has 0 aromatic heterocycles. The van der Waals surface area contributed by atoms with Gasteiger partial charge in [-0.25, -0.2) is 0 Å². The minimum atomic E-state index is -1.07. The molecule has 0 saturated heterocycles. The van der Waals surface area contributed by atoms with Crippen molar-refractivity contribution < 1.29 is 9.90 Å². The van der Waals surface area contributed by atoms with E-state index in [1.807, 2.05) is 13.8 Å². The molecule has 1 aliphatic carbocycles. The number of hydrogen-bond acceptors (Lipinski definition) is 3. The maximum Gasteiger partial charge on any atom is 0.324 e. The summed E-state index contributed by atoms with van der Waals surface area (Å²) in [5, 5.41) is 9.31. The highest BCUT2D eigenvalue weighted by Crippen LogP contribution is 2.41. The summed E-state index contributed by atoms with van der Waals surface area (Å²) in [6.07, 6.45) is 1.88. The van der Waals surface area contributed by atoms with Gasteiger partial charge in [0.1, 0.15) is 5.54 Å². The predicted octanol–water partition coefficient (Wildman–Crippen LogP) is 2.59. The second kappa shape index (κ2) is 4.94. The summed E-state index contributed by atoms with van der Waals surface area (Å²) in [6, 6.07) is 6.22. The number of carboxylic acid groups (broad SMARTS) is 1. The molecule has 2 rings (SSSR count). The van der Waals surface area contributed by atoms with E-state index < -0.39 is 11.5 Å². The summed E-state index contributed by atoms with van der Waals surface area (Å²) < 4.78 is 0. The summed E-state index contributed by atoms with van der Waals surface area (Å²) in [5.41, 5.74) is 7.36. The Morgan fingerprint density at radius 2 is 2.17 bits per heavy atom. The fourth-order valence-electron chi connectivity index (χ4n) is 2.01. The molecule has 1 atom stereocenters. The fraction of sp³-hybridized carbons (Fsp3) is 0.500. The van der Waals surface area contributed by atoms with Crippen molar-refractivity contribution in [3.05, 3.63) is 29.3 Å². The van der Waals surface area contributed by atoms with Crippen LogP contribution in [0.25, 0.3) is 0 Å². The van der Waals surface area contributed by atoms with E-state index in [0.717, 1.165) is 17.7 Å². The molecule has 3 nitrogen and oxygen atoms in total. The molecule has 3 N–H and O–H groups in total. The summed E-state index contributed by atoms with van der Waals surface area (Å²) in [5.74, 6) is -0.285. The van der Waals surface area contributed by atoms with E-state index in [9.17, 15) is 9.90 Å². The average molecular weight is 265 g/mol. The standard InChI is InChI=1S/C14H19NO2S/c1-9-3-4-10(2)12(7-9)18-8-14(15,13(16)17)11-5-6-11/h3-4,7,11H,5-6,8,15H2,1-2H3,(H,16,17). The van der Waals surface area contributed by atoms with Crippen molar-refractivity contribution in [3.8, 4) is 0 Å². The molecule has 1 saturated carbocycles. The monoisotopic (exact) mass is 265 g/mol. The zero-order chi connectivity index (χ0) is 13.3. The average Bonchev–Trinajstić information content (AvgIpc) is 3.14. The first-order valence-electron chi connectivity index (χ1n) is 6.16. The van der Waals surface area contributed by atoms with Crippen LogP contribution in [-0.2, 0) is 4.79 Å². The van der Waals surface area contributed by atoms with Crippen molar-refractivity contribution in [3.63, 3.8) is 0 Å². The van der Waals surface area contributed by atoms with Crippen molar-refractivity contribution in [2.45, 2.75) is 37.1 Å². The van der Waals surface area contributed by atoms with Crippen LogP contribution in [0.3, 0.4) is 0 Å². The molecule has 4 heteroatoms. The quantitative estimate of drug-likeness (QED) is 0.803. The molecule has 0 heterocycles. The topological polar surface area (TPSA) is 63.3 Å². The Morgan fingerprint density at radius 1 is 1.50 bits per heavy atom. The van der Waals surface area contributed by atoms with Crippen LogP contribution in [-0.4, -0.2) is 22.4 Å². The normalized spacial score (nSPS) is 18.4. The minimum Gasteiger partial charge on any atom is -0.480 e.